The Balaban J connectivity index is 1.22. The molecule has 2 aliphatic rings. The van der Waals surface area contributed by atoms with Crippen molar-refractivity contribution in [1.29, 1.82) is 0 Å². The van der Waals surface area contributed by atoms with Crippen LogP contribution in [0.3, 0.4) is 0 Å². The van der Waals surface area contributed by atoms with Crippen LogP contribution in [0.15, 0.2) is 60.7 Å². The van der Waals surface area contributed by atoms with E-state index in [0.717, 1.165) is 34.3 Å². The van der Waals surface area contributed by atoms with Crippen molar-refractivity contribution in [2.24, 2.45) is 5.92 Å². The van der Waals surface area contributed by atoms with Gasteiger partial charge in [-0.05, 0) is 31.2 Å². The second-order valence-electron chi connectivity index (χ2n) is 8.94. The van der Waals surface area contributed by atoms with Crippen molar-refractivity contribution in [2.45, 2.75) is 13.3 Å². The van der Waals surface area contributed by atoms with Gasteiger partial charge in [0.15, 0.2) is 0 Å². The third kappa shape index (κ3) is 4.82. The maximum atomic E-state index is 13.2. The predicted molar refractivity (Wildman–Crippen MR) is 134 cm³/mol. The largest absolute Gasteiger partial charge is 0.497 e. The third-order valence-corrected chi connectivity index (χ3v) is 6.67. The fraction of sp³-hybridized carbons (Fsp3) is 0.333. The molecule has 2 aliphatic heterocycles. The number of carbonyl (C=O) groups excluding carboxylic acids is 2. The molecule has 5 rings (SSSR count). The number of amides is 2. The predicted octanol–water partition coefficient (Wildman–Crippen LogP) is 3.16. The molecule has 0 saturated carbocycles. The van der Waals surface area contributed by atoms with Crippen LogP contribution in [0, 0.1) is 12.8 Å². The van der Waals surface area contributed by atoms with Crippen LogP contribution < -0.4 is 14.5 Å². The Labute approximate surface area is 205 Å². The monoisotopic (exact) mass is 471 g/mol. The fourth-order valence-corrected chi connectivity index (χ4v) is 4.77. The standard InChI is InChI=1S/C27H29N5O3/c1-19-28-24(20-6-4-3-5-7-20)17-25(29-19)30-12-14-31(15-13-30)27(34)21-16-26(33)32(18-21)22-8-10-23(35-2)11-9-22/h3-11,17,21H,12-16,18H2,1-2H3. The number of hydrogen-bond acceptors (Lipinski definition) is 6. The van der Waals surface area contributed by atoms with Crippen LogP contribution in [-0.4, -0.2) is 66.5 Å². The molecule has 2 saturated heterocycles. The van der Waals surface area contributed by atoms with Gasteiger partial charge in [-0.25, -0.2) is 9.97 Å². The Hall–Kier alpha value is -3.94. The molecule has 2 amide bonds. The number of hydrogen-bond donors (Lipinski definition) is 0. The molecule has 1 unspecified atom stereocenters. The molecule has 0 spiro atoms. The van der Waals surface area contributed by atoms with Crippen LogP contribution in [0.1, 0.15) is 12.2 Å². The summed E-state index contributed by atoms with van der Waals surface area (Å²) in [4.78, 5) is 40.9. The van der Waals surface area contributed by atoms with Crippen LogP contribution in [0.5, 0.6) is 5.75 Å². The molecule has 0 radical (unpaired) electrons. The van der Waals surface area contributed by atoms with E-state index in [1.54, 1.807) is 12.0 Å². The van der Waals surface area contributed by atoms with E-state index in [0.29, 0.717) is 32.7 Å². The Kier molecular flexibility index (Phi) is 6.35. The quantitative estimate of drug-likeness (QED) is 0.569. The first-order valence-electron chi connectivity index (χ1n) is 11.9. The van der Waals surface area contributed by atoms with Gasteiger partial charge in [0.25, 0.3) is 0 Å². The van der Waals surface area contributed by atoms with E-state index >= 15 is 0 Å². The van der Waals surface area contributed by atoms with Crippen LogP contribution in [-0.2, 0) is 9.59 Å². The van der Waals surface area contributed by atoms with Gasteiger partial charge in [0.2, 0.25) is 11.8 Å². The van der Waals surface area contributed by atoms with Crippen molar-refractivity contribution in [2.75, 3.05) is 49.6 Å². The molecular weight excluding hydrogens is 442 g/mol. The van der Waals surface area contributed by atoms with Crippen molar-refractivity contribution < 1.29 is 14.3 Å². The lowest BCUT2D eigenvalue weighted by molar-refractivity contribution is -0.136. The minimum absolute atomic E-state index is 0.0166. The summed E-state index contributed by atoms with van der Waals surface area (Å²) in [7, 11) is 1.61. The Bertz CT molecular complexity index is 1210. The minimum atomic E-state index is -0.317. The highest BCUT2D eigenvalue weighted by molar-refractivity contribution is 6.00. The zero-order valence-electron chi connectivity index (χ0n) is 20.1. The van der Waals surface area contributed by atoms with E-state index in [4.69, 9.17) is 4.74 Å². The molecule has 2 fully saturated rings. The summed E-state index contributed by atoms with van der Waals surface area (Å²) in [5.41, 5.74) is 2.75. The average molecular weight is 472 g/mol. The molecule has 0 aliphatic carbocycles. The van der Waals surface area contributed by atoms with Crippen LogP contribution in [0.4, 0.5) is 11.5 Å². The van der Waals surface area contributed by atoms with Crippen molar-refractivity contribution in [3.05, 3.63) is 66.5 Å². The van der Waals surface area contributed by atoms with Gasteiger partial charge in [0.1, 0.15) is 17.4 Å². The lowest BCUT2D eigenvalue weighted by Crippen LogP contribution is -2.51. The summed E-state index contributed by atoms with van der Waals surface area (Å²) in [5.74, 6) is 2.06. The second-order valence-corrected chi connectivity index (χ2v) is 8.94. The smallest absolute Gasteiger partial charge is 0.228 e. The molecule has 35 heavy (non-hydrogen) atoms. The molecule has 3 heterocycles. The lowest BCUT2D eigenvalue weighted by Gasteiger charge is -2.36. The lowest BCUT2D eigenvalue weighted by atomic mass is 10.1. The number of nitrogens with zero attached hydrogens (tertiary/aromatic N) is 5. The van der Waals surface area contributed by atoms with Gasteiger partial charge in [0.05, 0.1) is 18.7 Å². The van der Waals surface area contributed by atoms with Crippen molar-refractivity contribution in [1.82, 2.24) is 14.9 Å². The molecule has 0 N–H and O–H groups in total. The maximum Gasteiger partial charge on any atom is 0.228 e. The van der Waals surface area contributed by atoms with Crippen molar-refractivity contribution in [3.63, 3.8) is 0 Å². The first-order valence-corrected chi connectivity index (χ1v) is 11.9. The molecule has 1 atom stereocenters. The summed E-state index contributed by atoms with van der Waals surface area (Å²) in [6.07, 6.45) is 0.247. The first-order chi connectivity index (χ1) is 17.0. The Morgan fingerprint density at radius 2 is 1.69 bits per heavy atom. The highest BCUT2D eigenvalue weighted by atomic mass is 16.5. The van der Waals surface area contributed by atoms with Crippen LogP contribution in [0.2, 0.25) is 0 Å². The first kappa shape index (κ1) is 22.8. The van der Waals surface area contributed by atoms with Gasteiger partial charge in [0, 0.05) is 56.5 Å². The SMILES string of the molecule is COc1ccc(N2CC(C(=O)N3CCN(c4cc(-c5ccccc5)nc(C)n4)CC3)CC2=O)cc1. The van der Waals surface area contributed by atoms with Crippen molar-refractivity contribution in [3.8, 4) is 17.0 Å². The van der Waals surface area contributed by atoms with Gasteiger partial charge in [-0.3, -0.25) is 9.59 Å². The zero-order valence-corrected chi connectivity index (χ0v) is 20.1. The summed E-state index contributed by atoms with van der Waals surface area (Å²) in [5, 5.41) is 0. The molecule has 2 aromatic carbocycles. The Morgan fingerprint density at radius 1 is 0.971 bits per heavy atom. The number of rotatable bonds is 5. The zero-order chi connectivity index (χ0) is 24.4. The highest BCUT2D eigenvalue weighted by Crippen LogP contribution is 2.29. The van der Waals surface area contributed by atoms with E-state index in [9.17, 15) is 9.59 Å². The second kappa shape index (κ2) is 9.74. The van der Waals surface area contributed by atoms with E-state index in [1.807, 2.05) is 72.5 Å². The highest BCUT2D eigenvalue weighted by Gasteiger charge is 2.38. The van der Waals surface area contributed by atoms with Crippen molar-refractivity contribution >= 4 is 23.3 Å². The number of piperazine rings is 1. The van der Waals surface area contributed by atoms with Gasteiger partial charge in [-0.1, -0.05) is 30.3 Å². The van der Waals surface area contributed by atoms with E-state index in [1.165, 1.54) is 0 Å². The average Bonchev–Trinajstić information content (AvgIpc) is 3.30. The van der Waals surface area contributed by atoms with Gasteiger partial charge >= 0.3 is 0 Å². The third-order valence-electron chi connectivity index (χ3n) is 6.67. The van der Waals surface area contributed by atoms with Gasteiger partial charge < -0.3 is 19.4 Å². The number of methoxy groups -OCH3 is 1. The van der Waals surface area contributed by atoms with Gasteiger partial charge in [-0.2, -0.15) is 0 Å². The van der Waals surface area contributed by atoms with Crippen LogP contribution in [0.25, 0.3) is 11.3 Å². The molecular formula is C27H29N5O3. The van der Waals surface area contributed by atoms with Gasteiger partial charge in [-0.15, -0.1) is 0 Å². The number of aromatic nitrogens is 2. The Morgan fingerprint density at radius 3 is 2.37 bits per heavy atom. The summed E-state index contributed by atoms with van der Waals surface area (Å²) >= 11 is 0. The number of benzene rings is 2. The summed E-state index contributed by atoms with van der Waals surface area (Å²) in [6, 6.07) is 19.5. The number of ether oxygens (including phenoxy) is 1. The van der Waals surface area contributed by atoms with E-state index in [2.05, 4.69) is 14.9 Å². The normalized spacial score (nSPS) is 18.2. The number of anilines is 2. The topological polar surface area (TPSA) is 78.9 Å². The molecule has 180 valence electrons. The fourth-order valence-electron chi connectivity index (χ4n) is 4.77. The molecule has 0 bridgehead atoms. The molecule has 3 aromatic rings. The van der Waals surface area contributed by atoms with E-state index < -0.39 is 0 Å². The number of aryl methyl sites for hydroxylation is 1. The van der Waals surface area contributed by atoms with E-state index in [-0.39, 0.29) is 24.2 Å². The molecule has 8 heteroatoms. The summed E-state index contributed by atoms with van der Waals surface area (Å²) in [6.45, 7) is 4.92. The minimum Gasteiger partial charge on any atom is -0.497 e. The molecule has 8 nitrogen and oxygen atoms in total. The summed E-state index contributed by atoms with van der Waals surface area (Å²) < 4.78 is 5.20. The number of carbonyl (C=O) groups is 2. The maximum absolute atomic E-state index is 13.2. The van der Waals surface area contributed by atoms with Crippen LogP contribution >= 0.6 is 0 Å². The molecule has 1 aromatic heterocycles.